The van der Waals surface area contributed by atoms with Gasteiger partial charge in [-0.25, -0.2) is 0 Å². The van der Waals surface area contributed by atoms with E-state index >= 15 is 0 Å². The van der Waals surface area contributed by atoms with Crippen molar-refractivity contribution in [2.75, 3.05) is 26.3 Å². The summed E-state index contributed by atoms with van der Waals surface area (Å²) in [7, 11) is 0. The maximum absolute atomic E-state index is 13.2. The number of hydrogen-bond acceptors (Lipinski definition) is 7. The lowest BCUT2D eigenvalue weighted by molar-refractivity contribution is -0.0593. The fourth-order valence-corrected chi connectivity index (χ4v) is 6.88. The molecule has 7 rings (SSSR count). The summed E-state index contributed by atoms with van der Waals surface area (Å²) in [5.74, 6) is 1.54. The zero-order chi connectivity index (χ0) is 27.9. The number of nitrogens with zero attached hydrogens (tertiary/aromatic N) is 4. The molecular formula is C33H34N4O4. The number of allylic oxidation sites excluding steroid dienone is 2. The molecule has 4 unspecified atom stereocenters. The van der Waals surface area contributed by atoms with E-state index in [0.29, 0.717) is 42.1 Å². The fraction of sp³-hybridized carbons (Fsp3) is 0.455. The molecule has 0 aromatic carbocycles. The number of fused-ring (bicyclic) bond motifs is 3. The van der Waals surface area contributed by atoms with E-state index in [1.165, 1.54) is 19.3 Å². The van der Waals surface area contributed by atoms with Crippen LogP contribution in [0.15, 0.2) is 53.2 Å². The Morgan fingerprint density at radius 1 is 1.10 bits per heavy atom. The van der Waals surface area contributed by atoms with Crippen LogP contribution in [0.5, 0.6) is 0 Å². The van der Waals surface area contributed by atoms with Crippen LogP contribution < -0.4 is 0 Å². The van der Waals surface area contributed by atoms with Gasteiger partial charge >= 0.3 is 0 Å². The Morgan fingerprint density at radius 3 is 2.66 bits per heavy atom. The van der Waals surface area contributed by atoms with Gasteiger partial charge in [0.05, 0.1) is 24.2 Å². The smallest absolute Gasteiger partial charge is 0.272 e. The third kappa shape index (κ3) is 5.09. The lowest BCUT2D eigenvalue weighted by Gasteiger charge is -2.31. The zero-order valence-electron chi connectivity index (χ0n) is 23.3. The largest absolute Gasteiger partial charge is 0.454 e. The van der Waals surface area contributed by atoms with E-state index in [1.807, 2.05) is 48.3 Å². The van der Waals surface area contributed by atoms with Crippen molar-refractivity contribution >= 4 is 22.6 Å². The standard InChI is InChI=1S/C33H34N4O4/c1-20-12-29(33(38)37-18-21-2-3-22(13-21)19-37)36-17-27(20)31-15-28-32(41-31)26(6-9-35-28)23-4-5-30(24(14-23)16-34)40-25-7-10-39-11-8-25/h4-6,9,12,14-15,17,21-22,24-25,30H,2-3,7-8,10-11,13,18-19H2,1H3. The van der Waals surface area contributed by atoms with E-state index < -0.39 is 5.92 Å². The van der Waals surface area contributed by atoms with Crippen molar-refractivity contribution in [2.45, 2.75) is 51.2 Å². The highest BCUT2D eigenvalue weighted by Gasteiger charge is 2.35. The number of piperidine rings is 1. The monoisotopic (exact) mass is 550 g/mol. The Kier molecular flexibility index (Phi) is 6.93. The molecule has 0 N–H and O–H groups in total. The molecular weight excluding hydrogens is 516 g/mol. The van der Waals surface area contributed by atoms with Gasteiger partial charge in [-0.1, -0.05) is 18.2 Å². The number of hydrogen-bond donors (Lipinski definition) is 0. The first kappa shape index (κ1) is 26.1. The molecule has 210 valence electrons. The molecule has 2 bridgehead atoms. The topological polar surface area (TPSA) is 101 Å². The zero-order valence-corrected chi connectivity index (χ0v) is 23.3. The summed E-state index contributed by atoms with van der Waals surface area (Å²) in [5.41, 5.74) is 5.41. The highest BCUT2D eigenvalue weighted by Crippen LogP contribution is 2.38. The summed E-state index contributed by atoms with van der Waals surface area (Å²) in [4.78, 5) is 24.3. The highest BCUT2D eigenvalue weighted by atomic mass is 16.5. The second-order valence-corrected chi connectivity index (χ2v) is 11.9. The van der Waals surface area contributed by atoms with Gasteiger partial charge in [0.15, 0.2) is 5.58 Å². The maximum atomic E-state index is 13.2. The van der Waals surface area contributed by atoms with Crippen molar-refractivity contribution in [3.63, 3.8) is 0 Å². The number of aryl methyl sites for hydroxylation is 1. The Hall–Kier alpha value is -3.80. The maximum Gasteiger partial charge on any atom is 0.272 e. The van der Waals surface area contributed by atoms with Gasteiger partial charge in [-0.2, -0.15) is 5.26 Å². The summed E-state index contributed by atoms with van der Waals surface area (Å²) in [6.45, 7) is 5.06. The van der Waals surface area contributed by atoms with Crippen molar-refractivity contribution in [1.82, 2.24) is 14.9 Å². The Labute approximate surface area is 239 Å². The molecule has 1 amide bonds. The third-order valence-corrected chi connectivity index (χ3v) is 9.06. The van der Waals surface area contributed by atoms with Gasteiger partial charge in [-0.15, -0.1) is 0 Å². The first-order chi connectivity index (χ1) is 20.1. The fourth-order valence-electron chi connectivity index (χ4n) is 6.88. The van der Waals surface area contributed by atoms with Crippen LogP contribution >= 0.6 is 0 Å². The predicted octanol–water partition coefficient (Wildman–Crippen LogP) is 5.73. The average molecular weight is 551 g/mol. The normalized spacial score (nSPS) is 26.2. The summed E-state index contributed by atoms with van der Waals surface area (Å²) in [5, 5.41) is 9.92. The van der Waals surface area contributed by atoms with Crippen LogP contribution in [-0.2, 0) is 9.47 Å². The third-order valence-electron chi connectivity index (χ3n) is 9.06. The molecule has 3 fully saturated rings. The lowest BCUT2D eigenvalue weighted by atomic mass is 9.91. The number of ether oxygens (including phenoxy) is 2. The second kappa shape index (κ2) is 10.9. The van der Waals surface area contributed by atoms with Crippen molar-refractivity contribution in [2.24, 2.45) is 17.8 Å². The first-order valence-corrected chi connectivity index (χ1v) is 14.7. The quantitative estimate of drug-likeness (QED) is 0.400. The minimum Gasteiger partial charge on any atom is -0.454 e. The van der Waals surface area contributed by atoms with Gasteiger partial charge in [0, 0.05) is 55.9 Å². The van der Waals surface area contributed by atoms with Gasteiger partial charge < -0.3 is 18.8 Å². The molecule has 5 heterocycles. The summed E-state index contributed by atoms with van der Waals surface area (Å²) in [6, 6.07) is 8.11. The molecule has 2 aliphatic carbocycles. The molecule has 8 heteroatoms. The van der Waals surface area contributed by atoms with E-state index in [9.17, 15) is 10.1 Å². The van der Waals surface area contributed by atoms with Gasteiger partial charge in [-0.3, -0.25) is 14.8 Å². The number of likely N-dealkylation sites (tertiary alicyclic amines) is 1. The SMILES string of the molecule is Cc1cc(C(=O)N2CC3CCC(C3)C2)ncc1-c1cc2nccc(C3=CC(C#N)C(OC4CCOCC4)C=C3)c2o1. The molecule has 3 aromatic heterocycles. The lowest BCUT2D eigenvalue weighted by Crippen LogP contribution is -2.41. The van der Waals surface area contributed by atoms with E-state index in [4.69, 9.17) is 13.9 Å². The van der Waals surface area contributed by atoms with Gasteiger partial charge in [-0.05, 0) is 74.1 Å². The van der Waals surface area contributed by atoms with Crippen LogP contribution in [-0.4, -0.2) is 59.3 Å². The second-order valence-electron chi connectivity index (χ2n) is 11.9. The van der Waals surface area contributed by atoms with Crippen LogP contribution in [0.3, 0.4) is 0 Å². The van der Waals surface area contributed by atoms with Crippen LogP contribution in [0.4, 0.5) is 0 Å². The molecule has 8 nitrogen and oxygen atoms in total. The number of carbonyl (C=O) groups is 1. The molecule has 4 atom stereocenters. The number of carbonyl (C=O) groups excluding carboxylic acids is 1. The van der Waals surface area contributed by atoms with E-state index in [0.717, 1.165) is 53.7 Å². The van der Waals surface area contributed by atoms with E-state index in [2.05, 4.69) is 16.0 Å². The van der Waals surface area contributed by atoms with Gasteiger partial charge in [0.25, 0.3) is 5.91 Å². The Balaban J connectivity index is 1.13. The number of pyridine rings is 2. The molecule has 1 saturated carbocycles. The van der Waals surface area contributed by atoms with E-state index in [1.54, 1.807) is 12.4 Å². The summed E-state index contributed by atoms with van der Waals surface area (Å²) < 4.78 is 18.1. The van der Waals surface area contributed by atoms with Crippen LogP contribution in [0.25, 0.3) is 28.0 Å². The van der Waals surface area contributed by atoms with Crippen molar-refractivity contribution in [3.8, 4) is 17.4 Å². The molecule has 2 aliphatic heterocycles. The number of aromatic nitrogens is 2. The highest BCUT2D eigenvalue weighted by molar-refractivity contribution is 5.94. The number of furan rings is 1. The summed E-state index contributed by atoms with van der Waals surface area (Å²) >= 11 is 0. The van der Waals surface area contributed by atoms with Gasteiger partial charge in [0.1, 0.15) is 17.0 Å². The molecule has 4 aliphatic rings. The predicted molar refractivity (Wildman–Crippen MR) is 154 cm³/mol. The van der Waals surface area contributed by atoms with Crippen LogP contribution in [0.2, 0.25) is 0 Å². The molecule has 3 aromatic rings. The minimum atomic E-state index is -0.401. The number of rotatable bonds is 5. The molecule has 0 radical (unpaired) electrons. The molecule has 0 spiro atoms. The van der Waals surface area contributed by atoms with Crippen molar-refractivity contribution in [1.29, 1.82) is 5.26 Å². The number of nitriles is 1. The molecule has 41 heavy (non-hydrogen) atoms. The van der Waals surface area contributed by atoms with Gasteiger partial charge in [0.2, 0.25) is 0 Å². The average Bonchev–Trinajstić information content (AvgIpc) is 3.59. The minimum absolute atomic E-state index is 0.0204. The van der Waals surface area contributed by atoms with Crippen molar-refractivity contribution < 1.29 is 18.7 Å². The van der Waals surface area contributed by atoms with E-state index in [-0.39, 0.29) is 18.1 Å². The van der Waals surface area contributed by atoms with Crippen molar-refractivity contribution in [3.05, 3.63) is 65.6 Å². The summed E-state index contributed by atoms with van der Waals surface area (Å²) in [6.07, 6.45) is 14.7. The first-order valence-electron chi connectivity index (χ1n) is 14.7. The molecule has 2 saturated heterocycles. The Bertz CT molecular complexity index is 1570. The Morgan fingerprint density at radius 2 is 1.90 bits per heavy atom. The van der Waals surface area contributed by atoms with Crippen LogP contribution in [0.1, 0.15) is 53.7 Å². The van der Waals surface area contributed by atoms with Crippen LogP contribution in [0, 0.1) is 36.0 Å². The number of amides is 1.